The topological polar surface area (TPSA) is 84.2 Å². The number of amides is 2. The van der Waals surface area contributed by atoms with Crippen LogP contribution in [0.1, 0.15) is 42.7 Å². The predicted molar refractivity (Wildman–Crippen MR) is 132 cm³/mol. The molecule has 0 spiro atoms. The fourth-order valence-corrected chi connectivity index (χ4v) is 4.24. The second-order valence-electron chi connectivity index (χ2n) is 7.94. The lowest BCUT2D eigenvalue weighted by Crippen LogP contribution is -2.30. The zero-order valence-electron chi connectivity index (χ0n) is 18.5. The fourth-order valence-electron chi connectivity index (χ4n) is 3.61. The molecule has 2 amide bonds. The molecule has 32 heavy (non-hydrogen) atoms. The third-order valence-electron chi connectivity index (χ3n) is 5.46. The van der Waals surface area contributed by atoms with Crippen LogP contribution in [0.2, 0.25) is 0 Å². The average molecular weight is 450 g/mol. The Balaban J connectivity index is 1.64. The largest absolute Gasteiger partial charge is 0.355 e. The van der Waals surface area contributed by atoms with E-state index >= 15 is 0 Å². The van der Waals surface area contributed by atoms with E-state index in [0.717, 1.165) is 41.5 Å². The van der Waals surface area contributed by atoms with Gasteiger partial charge in [-0.3, -0.25) is 14.3 Å². The molecule has 0 saturated carbocycles. The summed E-state index contributed by atoms with van der Waals surface area (Å²) in [6.45, 7) is 2.68. The zero-order valence-corrected chi connectivity index (χ0v) is 19.3. The molecule has 0 aliphatic carbocycles. The van der Waals surface area contributed by atoms with Gasteiger partial charge in [-0.1, -0.05) is 73.0 Å². The van der Waals surface area contributed by atoms with Crippen LogP contribution in [-0.4, -0.2) is 24.9 Å². The van der Waals surface area contributed by atoms with Crippen molar-refractivity contribution in [2.75, 3.05) is 13.1 Å². The second-order valence-corrected chi connectivity index (χ2v) is 8.82. The first-order valence-electron chi connectivity index (χ1n) is 11.1. The van der Waals surface area contributed by atoms with Crippen LogP contribution >= 0.6 is 11.9 Å². The molecule has 168 valence electrons. The number of benzene rings is 3. The van der Waals surface area contributed by atoms with E-state index < -0.39 is 0 Å². The first kappa shape index (κ1) is 23.8. The van der Waals surface area contributed by atoms with Crippen LogP contribution in [-0.2, 0) is 9.59 Å². The van der Waals surface area contributed by atoms with Crippen molar-refractivity contribution in [2.45, 2.75) is 43.4 Å². The summed E-state index contributed by atoms with van der Waals surface area (Å²) in [6.07, 6.45) is 3.46. The van der Waals surface area contributed by atoms with E-state index in [-0.39, 0.29) is 24.3 Å². The number of carbonyl (C=O) groups excluding carboxylic acids is 2. The number of fused-ring (bicyclic) bond motifs is 1. The Morgan fingerprint density at radius 2 is 1.69 bits per heavy atom. The monoisotopic (exact) mass is 449 g/mol. The molecule has 3 aromatic rings. The van der Waals surface area contributed by atoms with Crippen molar-refractivity contribution in [3.63, 3.8) is 0 Å². The highest BCUT2D eigenvalue weighted by Gasteiger charge is 2.21. The highest BCUT2D eigenvalue weighted by Crippen LogP contribution is 2.28. The molecule has 6 heteroatoms. The van der Waals surface area contributed by atoms with Crippen molar-refractivity contribution in [2.24, 2.45) is 5.73 Å². The summed E-state index contributed by atoms with van der Waals surface area (Å²) >= 11 is 1.36. The Hall–Kier alpha value is -2.83. The normalized spacial score (nSPS) is 11.8. The molecule has 0 aromatic heterocycles. The van der Waals surface area contributed by atoms with Crippen LogP contribution in [0.4, 0.5) is 0 Å². The van der Waals surface area contributed by atoms with Gasteiger partial charge in [0.05, 0.1) is 12.5 Å². The molecule has 3 aromatic carbocycles. The number of hydrogen-bond acceptors (Lipinski definition) is 4. The van der Waals surface area contributed by atoms with Crippen LogP contribution in [0.25, 0.3) is 10.8 Å². The molecule has 0 heterocycles. The highest BCUT2D eigenvalue weighted by molar-refractivity contribution is 7.98. The van der Waals surface area contributed by atoms with Gasteiger partial charge < -0.3 is 11.1 Å². The molecule has 0 aliphatic heterocycles. The Morgan fingerprint density at radius 1 is 0.938 bits per heavy atom. The summed E-state index contributed by atoms with van der Waals surface area (Å²) in [6, 6.07) is 22.6. The third kappa shape index (κ3) is 7.11. The number of hydrogen-bond donors (Lipinski definition) is 3. The molecule has 3 rings (SSSR count). The van der Waals surface area contributed by atoms with Gasteiger partial charge in [0.15, 0.2) is 0 Å². The van der Waals surface area contributed by atoms with Gasteiger partial charge >= 0.3 is 0 Å². The van der Waals surface area contributed by atoms with Crippen molar-refractivity contribution < 1.29 is 9.59 Å². The maximum absolute atomic E-state index is 13.2. The molecular formula is C26H31N3O2S. The SMILES string of the molecule is Cc1ccc(SNC(=O)C(CCCCCNC(=O)CN)c2ccc3ccccc3c2)cc1. The van der Waals surface area contributed by atoms with Gasteiger partial charge in [0, 0.05) is 11.4 Å². The van der Waals surface area contributed by atoms with E-state index in [2.05, 4.69) is 40.4 Å². The Kier molecular flexibility index (Phi) is 9.13. The van der Waals surface area contributed by atoms with E-state index in [9.17, 15) is 9.59 Å². The van der Waals surface area contributed by atoms with Gasteiger partial charge in [0.25, 0.3) is 0 Å². The summed E-state index contributed by atoms with van der Waals surface area (Å²) < 4.78 is 3.05. The molecule has 5 nitrogen and oxygen atoms in total. The van der Waals surface area contributed by atoms with Crippen LogP contribution in [0.5, 0.6) is 0 Å². The fraction of sp³-hybridized carbons (Fsp3) is 0.308. The minimum absolute atomic E-state index is 0.0160. The van der Waals surface area contributed by atoms with E-state index in [1.54, 1.807) is 0 Å². The lowest BCUT2D eigenvalue weighted by molar-refractivity contribution is -0.121. The van der Waals surface area contributed by atoms with Gasteiger partial charge in [-0.15, -0.1) is 0 Å². The maximum atomic E-state index is 13.2. The lowest BCUT2D eigenvalue weighted by atomic mass is 9.91. The number of aryl methyl sites for hydroxylation is 1. The van der Waals surface area contributed by atoms with Gasteiger partial charge in [0.2, 0.25) is 11.8 Å². The predicted octanol–water partition coefficient (Wildman–Crippen LogP) is 4.69. The highest BCUT2D eigenvalue weighted by atomic mass is 32.2. The summed E-state index contributed by atoms with van der Waals surface area (Å²) in [4.78, 5) is 25.4. The zero-order chi connectivity index (χ0) is 22.8. The minimum atomic E-state index is -0.226. The summed E-state index contributed by atoms with van der Waals surface area (Å²) in [5, 5.41) is 5.10. The van der Waals surface area contributed by atoms with Crippen molar-refractivity contribution in [3.8, 4) is 0 Å². The summed E-state index contributed by atoms with van der Waals surface area (Å²) in [7, 11) is 0. The number of nitrogens with two attached hydrogens (primary N) is 1. The van der Waals surface area contributed by atoms with E-state index in [4.69, 9.17) is 5.73 Å². The molecule has 4 N–H and O–H groups in total. The lowest BCUT2D eigenvalue weighted by Gasteiger charge is -2.18. The quantitative estimate of drug-likeness (QED) is 0.293. The van der Waals surface area contributed by atoms with Crippen molar-refractivity contribution in [1.82, 2.24) is 10.0 Å². The maximum Gasteiger partial charge on any atom is 0.237 e. The van der Waals surface area contributed by atoms with Crippen LogP contribution in [0.3, 0.4) is 0 Å². The van der Waals surface area contributed by atoms with Crippen LogP contribution in [0, 0.1) is 6.92 Å². The van der Waals surface area contributed by atoms with Gasteiger partial charge in [-0.05, 0) is 60.2 Å². The Labute approximate surface area is 194 Å². The van der Waals surface area contributed by atoms with Gasteiger partial charge in [-0.25, -0.2) is 0 Å². The second kappa shape index (κ2) is 12.3. The Morgan fingerprint density at radius 3 is 2.44 bits per heavy atom. The minimum Gasteiger partial charge on any atom is -0.355 e. The summed E-state index contributed by atoms with van der Waals surface area (Å²) in [5.74, 6) is -0.343. The van der Waals surface area contributed by atoms with Crippen LogP contribution in [0.15, 0.2) is 71.6 Å². The van der Waals surface area contributed by atoms with Crippen LogP contribution < -0.4 is 15.8 Å². The molecule has 1 atom stereocenters. The smallest absolute Gasteiger partial charge is 0.237 e. The number of unbranched alkanes of at least 4 members (excludes halogenated alkanes) is 2. The molecule has 0 aliphatic rings. The first-order chi connectivity index (χ1) is 15.6. The van der Waals surface area contributed by atoms with Gasteiger partial charge in [-0.2, -0.15) is 0 Å². The van der Waals surface area contributed by atoms with E-state index in [1.807, 2.05) is 43.3 Å². The standard InChI is InChI=1S/C26H31N3O2S/c1-19-10-14-23(15-11-19)32-29-26(31)24(9-3-2-6-16-28-25(30)18-27)22-13-12-20-7-4-5-8-21(20)17-22/h4-5,7-8,10-15,17,24H,2-3,6,9,16,18,27H2,1H3,(H,28,30)(H,29,31). The summed E-state index contributed by atoms with van der Waals surface area (Å²) in [5.41, 5.74) is 7.53. The average Bonchev–Trinajstić information content (AvgIpc) is 2.82. The molecule has 0 bridgehead atoms. The molecular weight excluding hydrogens is 418 g/mol. The molecule has 1 unspecified atom stereocenters. The first-order valence-corrected chi connectivity index (χ1v) is 11.9. The van der Waals surface area contributed by atoms with E-state index in [1.165, 1.54) is 22.9 Å². The number of rotatable bonds is 11. The van der Waals surface area contributed by atoms with Crippen molar-refractivity contribution in [1.29, 1.82) is 0 Å². The van der Waals surface area contributed by atoms with Crippen molar-refractivity contribution >= 4 is 34.5 Å². The number of carbonyl (C=O) groups is 2. The molecule has 0 radical (unpaired) electrons. The number of nitrogens with one attached hydrogen (secondary N) is 2. The van der Waals surface area contributed by atoms with Gasteiger partial charge in [0.1, 0.15) is 0 Å². The van der Waals surface area contributed by atoms with Crippen molar-refractivity contribution in [3.05, 3.63) is 77.9 Å². The molecule has 0 fully saturated rings. The van der Waals surface area contributed by atoms with E-state index in [0.29, 0.717) is 6.54 Å². The molecule has 0 saturated heterocycles. The Bertz CT molecular complexity index is 1040. The third-order valence-corrected chi connectivity index (χ3v) is 6.27.